The number of methoxy groups -OCH3 is 1. The van der Waals surface area contributed by atoms with E-state index in [4.69, 9.17) is 4.74 Å². The first kappa shape index (κ1) is 16.8. The zero-order chi connectivity index (χ0) is 16.7. The Morgan fingerprint density at radius 2 is 1.91 bits per heavy atom. The van der Waals surface area contributed by atoms with Crippen LogP contribution in [-0.4, -0.2) is 16.7 Å². The van der Waals surface area contributed by atoms with Crippen LogP contribution in [0.25, 0.3) is 11.4 Å². The van der Waals surface area contributed by atoms with Crippen LogP contribution in [0.1, 0.15) is 25.6 Å². The Hall–Kier alpha value is -1.57. The largest absolute Gasteiger partial charge is 0.492 e. The second kappa shape index (κ2) is 5.91. The lowest BCUT2D eigenvalue weighted by atomic mass is 10.1. The third kappa shape index (κ3) is 2.97. The first-order valence-corrected chi connectivity index (χ1v) is 7.14. The monoisotopic (exact) mass is 380 g/mol. The highest BCUT2D eigenvalue weighted by molar-refractivity contribution is 9.10. The molecule has 2 rings (SSSR count). The number of halogens is 5. The van der Waals surface area contributed by atoms with E-state index in [2.05, 4.69) is 20.9 Å². The summed E-state index contributed by atoms with van der Waals surface area (Å²) in [5.41, 5.74) is -1.11. The highest BCUT2D eigenvalue weighted by atomic mass is 79.9. The van der Waals surface area contributed by atoms with Gasteiger partial charge in [-0.15, -0.1) is 0 Å². The van der Waals surface area contributed by atoms with Crippen molar-refractivity contribution in [3.8, 4) is 17.1 Å². The molecule has 1 aromatic heterocycles. The number of imidazole rings is 1. The quantitative estimate of drug-likeness (QED) is 0.695. The Kier molecular flexibility index (Phi) is 4.51. The summed E-state index contributed by atoms with van der Waals surface area (Å²) >= 11 is 3.13. The molecule has 0 unspecified atom stereocenters. The van der Waals surface area contributed by atoms with Gasteiger partial charge in [0, 0.05) is 12.2 Å². The van der Waals surface area contributed by atoms with Crippen LogP contribution >= 0.6 is 15.9 Å². The van der Waals surface area contributed by atoms with Crippen LogP contribution in [-0.2, 0) is 6.18 Å². The summed E-state index contributed by atoms with van der Waals surface area (Å²) < 4.78 is 59.7. The van der Waals surface area contributed by atoms with Crippen LogP contribution < -0.4 is 4.74 Å². The molecule has 120 valence electrons. The minimum absolute atomic E-state index is 0.0516. The molecular weight excluding hydrogens is 368 g/mol. The molecule has 0 saturated heterocycles. The molecule has 0 fully saturated rings. The lowest BCUT2D eigenvalue weighted by molar-refractivity contribution is -0.140. The first-order chi connectivity index (χ1) is 10.2. The van der Waals surface area contributed by atoms with E-state index < -0.39 is 17.7 Å². The van der Waals surface area contributed by atoms with Gasteiger partial charge >= 0.3 is 6.18 Å². The SMILES string of the molecule is COc1c(Br)ccc(-c2nc(C(F)(F)F)cn2C(C)C)c1F. The van der Waals surface area contributed by atoms with Crippen LogP contribution in [0.15, 0.2) is 22.8 Å². The summed E-state index contributed by atoms with van der Waals surface area (Å²) in [4.78, 5) is 3.57. The number of hydrogen-bond donors (Lipinski definition) is 0. The molecule has 3 nitrogen and oxygen atoms in total. The van der Waals surface area contributed by atoms with Gasteiger partial charge in [0.05, 0.1) is 17.1 Å². The van der Waals surface area contributed by atoms with E-state index in [-0.39, 0.29) is 23.2 Å². The molecule has 0 aliphatic heterocycles. The van der Waals surface area contributed by atoms with Crippen molar-refractivity contribution in [2.45, 2.75) is 26.1 Å². The lowest BCUT2D eigenvalue weighted by Gasteiger charge is -2.13. The van der Waals surface area contributed by atoms with Crippen molar-refractivity contribution in [1.82, 2.24) is 9.55 Å². The van der Waals surface area contributed by atoms with Crippen molar-refractivity contribution in [3.05, 3.63) is 34.3 Å². The zero-order valence-electron chi connectivity index (χ0n) is 12.0. The van der Waals surface area contributed by atoms with Crippen molar-refractivity contribution >= 4 is 15.9 Å². The molecule has 0 aliphatic carbocycles. The van der Waals surface area contributed by atoms with E-state index in [1.807, 2.05) is 0 Å². The molecule has 8 heteroatoms. The predicted octanol–water partition coefficient (Wildman–Crippen LogP) is 5.06. The Morgan fingerprint density at radius 1 is 1.27 bits per heavy atom. The summed E-state index contributed by atoms with van der Waals surface area (Å²) in [5.74, 6) is -0.937. The van der Waals surface area contributed by atoms with Crippen LogP contribution in [0.2, 0.25) is 0 Å². The molecule has 0 bridgehead atoms. The number of benzene rings is 1. The molecule has 22 heavy (non-hydrogen) atoms. The van der Waals surface area contributed by atoms with Crippen LogP contribution in [0.3, 0.4) is 0 Å². The van der Waals surface area contributed by atoms with Gasteiger partial charge in [-0.25, -0.2) is 9.37 Å². The molecule has 0 saturated carbocycles. The number of aromatic nitrogens is 2. The molecule has 0 amide bonds. The molecule has 0 spiro atoms. The van der Waals surface area contributed by atoms with Gasteiger partial charge in [-0.05, 0) is 41.9 Å². The minimum atomic E-state index is -4.59. The van der Waals surface area contributed by atoms with Crippen LogP contribution in [0, 0.1) is 5.82 Å². The molecular formula is C14H13BrF4N2O. The summed E-state index contributed by atoms with van der Waals surface area (Å²) in [7, 11) is 1.28. The maximum Gasteiger partial charge on any atom is 0.434 e. The molecule has 1 heterocycles. The highest BCUT2D eigenvalue weighted by Gasteiger charge is 2.35. The predicted molar refractivity (Wildman–Crippen MR) is 77.3 cm³/mol. The van der Waals surface area contributed by atoms with Gasteiger partial charge in [0.25, 0.3) is 0 Å². The van der Waals surface area contributed by atoms with Crippen molar-refractivity contribution in [2.75, 3.05) is 7.11 Å². The average molecular weight is 381 g/mol. The van der Waals surface area contributed by atoms with Crippen LogP contribution in [0.5, 0.6) is 5.75 Å². The molecule has 0 atom stereocenters. The third-order valence-corrected chi connectivity index (χ3v) is 3.70. The van der Waals surface area contributed by atoms with Gasteiger partial charge in [-0.1, -0.05) is 0 Å². The topological polar surface area (TPSA) is 27.1 Å². The Morgan fingerprint density at radius 3 is 2.41 bits per heavy atom. The number of hydrogen-bond acceptors (Lipinski definition) is 2. The van der Waals surface area contributed by atoms with Crippen molar-refractivity contribution < 1.29 is 22.3 Å². The number of nitrogens with zero attached hydrogens (tertiary/aromatic N) is 2. The molecule has 0 N–H and O–H groups in total. The van der Waals surface area contributed by atoms with Crippen molar-refractivity contribution in [1.29, 1.82) is 0 Å². The first-order valence-electron chi connectivity index (χ1n) is 6.35. The van der Waals surface area contributed by atoms with Gasteiger partial charge in [0.1, 0.15) is 5.82 Å². The average Bonchev–Trinajstić information content (AvgIpc) is 2.84. The van der Waals surface area contributed by atoms with E-state index in [0.717, 1.165) is 6.20 Å². The summed E-state index contributed by atoms with van der Waals surface area (Å²) in [6, 6.07) is 2.56. The Bertz CT molecular complexity index is 695. The van der Waals surface area contributed by atoms with E-state index in [9.17, 15) is 17.6 Å². The fraction of sp³-hybridized carbons (Fsp3) is 0.357. The molecule has 0 radical (unpaired) electrons. The highest BCUT2D eigenvalue weighted by Crippen LogP contribution is 2.37. The van der Waals surface area contributed by atoms with E-state index in [1.54, 1.807) is 13.8 Å². The van der Waals surface area contributed by atoms with Gasteiger partial charge in [0.2, 0.25) is 0 Å². The van der Waals surface area contributed by atoms with E-state index in [1.165, 1.54) is 23.8 Å². The van der Waals surface area contributed by atoms with E-state index in [0.29, 0.717) is 4.47 Å². The number of ether oxygens (including phenoxy) is 1. The lowest BCUT2D eigenvalue weighted by Crippen LogP contribution is -2.05. The van der Waals surface area contributed by atoms with E-state index >= 15 is 0 Å². The summed E-state index contributed by atoms with van der Waals surface area (Å²) in [6.45, 7) is 3.39. The molecule has 2 aromatic rings. The minimum Gasteiger partial charge on any atom is -0.492 e. The Labute approximate surface area is 133 Å². The summed E-state index contributed by atoms with van der Waals surface area (Å²) in [6.07, 6.45) is -3.71. The second-order valence-electron chi connectivity index (χ2n) is 4.89. The fourth-order valence-electron chi connectivity index (χ4n) is 2.02. The molecule has 0 aliphatic rings. The van der Waals surface area contributed by atoms with Gasteiger partial charge < -0.3 is 9.30 Å². The summed E-state index contributed by atoms with van der Waals surface area (Å²) in [5, 5.41) is 0. The standard InChI is InChI=1S/C14H13BrF4N2O/c1-7(2)21-6-10(14(17,18)19)20-13(21)8-4-5-9(15)12(22-3)11(8)16/h4-7H,1-3H3. The zero-order valence-corrected chi connectivity index (χ0v) is 13.6. The van der Waals surface area contributed by atoms with Crippen molar-refractivity contribution in [3.63, 3.8) is 0 Å². The van der Waals surface area contributed by atoms with Crippen LogP contribution in [0.4, 0.5) is 17.6 Å². The maximum atomic E-state index is 14.5. The third-order valence-electron chi connectivity index (χ3n) is 3.07. The fourth-order valence-corrected chi connectivity index (χ4v) is 2.48. The van der Waals surface area contributed by atoms with Gasteiger partial charge in [0.15, 0.2) is 17.3 Å². The van der Waals surface area contributed by atoms with Gasteiger partial charge in [-0.3, -0.25) is 0 Å². The Balaban J connectivity index is 2.69. The number of alkyl halides is 3. The second-order valence-corrected chi connectivity index (χ2v) is 5.75. The van der Waals surface area contributed by atoms with Gasteiger partial charge in [-0.2, -0.15) is 13.2 Å². The maximum absolute atomic E-state index is 14.5. The smallest absolute Gasteiger partial charge is 0.434 e. The number of rotatable bonds is 3. The van der Waals surface area contributed by atoms with Crippen molar-refractivity contribution in [2.24, 2.45) is 0 Å². The molecule has 1 aromatic carbocycles. The normalized spacial score (nSPS) is 12.0.